The van der Waals surface area contributed by atoms with E-state index in [0.717, 1.165) is 51.4 Å². The fourth-order valence-electron chi connectivity index (χ4n) is 5.81. The van der Waals surface area contributed by atoms with Crippen molar-refractivity contribution in [3.05, 3.63) is 0 Å². The van der Waals surface area contributed by atoms with Crippen LogP contribution in [0.15, 0.2) is 0 Å². The first-order valence-corrected chi connectivity index (χ1v) is 15.3. The lowest BCUT2D eigenvalue weighted by atomic mass is 9.74. The molecule has 4 heteroatoms. The summed E-state index contributed by atoms with van der Waals surface area (Å²) in [5.74, 6) is 1.13. The van der Waals surface area contributed by atoms with Crippen molar-refractivity contribution in [1.82, 2.24) is 0 Å². The van der Waals surface area contributed by atoms with E-state index >= 15 is 0 Å². The van der Waals surface area contributed by atoms with Gasteiger partial charge in [0.15, 0.2) is 0 Å². The van der Waals surface area contributed by atoms with E-state index in [9.17, 15) is 9.59 Å². The van der Waals surface area contributed by atoms with Crippen molar-refractivity contribution in [1.29, 1.82) is 0 Å². The van der Waals surface area contributed by atoms with Gasteiger partial charge in [-0.2, -0.15) is 0 Å². The number of hydrogen-bond donors (Lipinski definition) is 0. The van der Waals surface area contributed by atoms with Gasteiger partial charge in [-0.15, -0.1) is 0 Å². The van der Waals surface area contributed by atoms with Gasteiger partial charge in [0.2, 0.25) is 0 Å². The first-order chi connectivity index (χ1) is 16.9. The summed E-state index contributed by atoms with van der Waals surface area (Å²) in [6, 6.07) is 0. The van der Waals surface area contributed by atoms with Crippen LogP contribution in [0.4, 0.5) is 0 Å². The summed E-state index contributed by atoms with van der Waals surface area (Å²) in [6.07, 6.45) is 14.4. The highest BCUT2D eigenvalue weighted by molar-refractivity contribution is 5.75. The number of carbonyl (C=O) groups excluding carboxylic acids is 2. The minimum Gasteiger partial charge on any atom is -0.465 e. The van der Waals surface area contributed by atoms with Gasteiger partial charge in [0.05, 0.1) is 25.0 Å². The molecule has 1 aliphatic rings. The Morgan fingerprint density at radius 2 is 1.00 bits per heavy atom. The molecule has 4 nitrogen and oxygen atoms in total. The first-order valence-electron chi connectivity index (χ1n) is 15.3. The number of esters is 2. The number of rotatable bonds is 18. The lowest BCUT2D eigenvalue weighted by molar-refractivity contribution is -0.155. The Balaban J connectivity index is 2.16. The molecule has 1 saturated carbocycles. The van der Waals surface area contributed by atoms with Crippen molar-refractivity contribution in [2.24, 2.45) is 34.5 Å². The van der Waals surface area contributed by atoms with E-state index in [-0.39, 0.29) is 23.8 Å². The SMILES string of the molecule is CCCC(C)(C)C(C)CCCCOC(=O)C1CCC(C(=O)OCCCCC(C)C(C)(C)CCC)CC1. The van der Waals surface area contributed by atoms with Crippen LogP contribution in [0.1, 0.15) is 145 Å². The smallest absolute Gasteiger partial charge is 0.308 e. The molecule has 0 saturated heterocycles. The Kier molecular flexibility index (Phi) is 15.3. The van der Waals surface area contributed by atoms with Gasteiger partial charge in [0.25, 0.3) is 0 Å². The molecule has 2 atom stereocenters. The molecule has 0 aromatic rings. The third-order valence-electron chi connectivity index (χ3n) is 9.40. The molecular formula is C32H60O4. The molecule has 0 heterocycles. The lowest BCUT2D eigenvalue weighted by Gasteiger charge is -2.31. The molecule has 0 amide bonds. The number of unbranched alkanes of at least 4 members (excludes halogenated alkanes) is 2. The van der Waals surface area contributed by atoms with Crippen molar-refractivity contribution in [2.45, 2.75) is 145 Å². The Labute approximate surface area is 224 Å². The van der Waals surface area contributed by atoms with Crippen LogP contribution in [0.3, 0.4) is 0 Å². The molecule has 0 N–H and O–H groups in total. The molecule has 1 rings (SSSR count). The summed E-state index contributed by atoms with van der Waals surface area (Å²) < 4.78 is 11.2. The topological polar surface area (TPSA) is 52.6 Å². The van der Waals surface area contributed by atoms with E-state index in [1.165, 1.54) is 38.5 Å². The van der Waals surface area contributed by atoms with Gasteiger partial charge >= 0.3 is 11.9 Å². The Morgan fingerprint density at radius 1 is 0.667 bits per heavy atom. The maximum atomic E-state index is 12.5. The fraction of sp³-hybridized carbons (Fsp3) is 0.938. The Morgan fingerprint density at radius 3 is 1.31 bits per heavy atom. The largest absolute Gasteiger partial charge is 0.465 e. The normalized spacial score (nSPS) is 20.6. The van der Waals surface area contributed by atoms with Gasteiger partial charge in [-0.25, -0.2) is 0 Å². The van der Waals surface area contributed by atoms with Crippen molar-refractivity contribution in [2.75, 3.05) is 13.2 Å². The Bertz CT molecular complexity index is 562. The maximum Gasteiger partial charge on any atom is 0.308 e. The molecule has 0 aromatic carbocycles. The molecule has 0 radical (unpaired) electrons. The molecule has 1 aliphatic carbocycles. The summed E-state index contributed by atoms with van der Waals surface area (Å²) in [6.45, 7) is 19.7. The van der Waals surface area contributed by atoms with Crippen molar-refractivity contribution >= 4 is 11.9 Å². The molecule has 2 unspecified atom stereocenters. The van der Waals surface area contributed by atoms with Gasteiger partial charge in [-0.3, -0.25) is 9.59 Å². The second kappa shape index (κ2) is 16.7. The summed E-state index contributed by atoms with van der Waals surface area (Å²) in [7, 11) is 0. The highest BCUT2D eigenvalue weighted by Crippen LogP contribution is 2.36. The summed E-state index contributed by atoms with van der Waals surface area (Å²) in [4.78, 5) is 25.0. The molecule has 0 aromatic heterocycles. The van der Waals surface area contributed by atoms with Crippen LogP contribution >= 0.6 is 0 Å². The van der Waals surface area contributed by atoms with Crippen LogP contribution in [-0.2, 0) is 19.1 Å². The quantitative estimate of drug-likeness (QED) is 0.137. The number of hydrogen-bond acceptors (Lipinski definition) is 4. The molecule has 0 aliphatic heterocycles. The summed E-state index contributed by atoms with van der Waals surface area (Å²) >= 11 is 0. The third kappa shape index (κ3) is 12.0. The first kappa shape index (κ1) is 33.0. The minimum absolute atomic E-state index is 0.0515. The molecule has 0 spiro atoms. The van der Waals surface area contributed by atoms with E-state index in [4.69, 9.17) is 9.47 Å². The molecule has 212 valence electrons. The second-order valence-electron chi connectivity index (χ2n) is 13.2. The van der Waals surface area contributed by atoms with E-state index in [2.05, 4.69) is 55.4 Å². The van der Waals surface area contributed by atoms with Crippen LogP contribution in [0.25, 0.3) is 0 Å². The zero-order chi connectivity index (χ0) is 27.2. The van der Waals surface area contributed by atoms with Gasteiger partial charge < -0.3 is 9.47 Å². The van der Waals surface area contributed by atoms with Gasteiger partial charge in [0, 0.05) is 0 Å². The standard InChI is InChI=1S/C32H60O4/c1-9-21-31(5,6)25(3)15-11-13-23-35-29(33)27-17-19-28(20-18-27)30(34)36-24-14-12-16-26(4)32(7,8)22-10-2/h25-28H,9-24H2,1-8H3. The van der Waals surface area contributed by atoms with E-state index < -0.39 is 0 Å². The van der Waals surface area contributed by atoms with Crippen molar-refractivity contribution in [3.63, 3.8) is 0 Å². The Hall–Kier alpha value is -1.06. The lowest BCUT2D eigenvalue weighted by Crippen LogP contribution is -2.28. The van der Waals surface area contributed by atoms with Gasteiger partial charge in [0.1, 0.15) is 0 Å². The fourth-order valence-corrected chi connectivity index (χ4v) is 5.81. The van der Waals surface area contributed by atoms with Gasteiger partial charge in [-0.1, -0.05) is 81.1 Å². The predicted octanol–water partition coefficient (Wildman–Crippen LogP) is 9.14. The van der Waals surface area contributed by atoms with Crippen LogP contribution in [0.2, 0.25) is 0 Å². The minimum atomic E-state index is -0.0682. The predicted molar refractivity (Wildman–Crippen MR) is 151 cm³/mol. The average molecular weight is 509 g/mol. The number of carbonyl (C=O) groups is 2. The highest BCUT2D eigenvalue weighted by Gasteiger charge is 2.32. The molecule has 36 heavy (non-hydrogen) atoms. The van der Waals surface area contributed by atoms with Crippen molar-refractivity contribution in [3.8, 4) is 0 Å². The summed E-state index contributed by atoms with van der Waals surface area (Å²) in [5, 5.41) is 0. The van der Waals surface area contributed by atoms with Crippen LogP contribution < -0.4 is 0 Å². The second-order valence-corrected chi connectivity index (χ2v) is 13.2. The highest BCUT2D eigenvalue weighted by atomic mass is 16.5. The zero-order valence-electron chi connectivity index (χ0n) is 25.3. The van der Waals surface area contributed by atoms with Crippen molar-refractivity contribution < 1.29 is 19.1 Å². The van der Waals surface area contributed by atoms with Crippen LogP contribution in [0.5, 0.6) is 0 Å². The monoisotopic (exact) mass is 508 g/mol. The van der Waals surface area contributed by atoms with E-state index in [1.807, 2.05) is 0 Å². The van der Waals surface area contributed by atoms with Crippen LogP contribution in [-0.4, -0.2) is 25.2 Å². The van der Waals surface area contributed by atoms with E-state index in [1.54, 1.807) is 0 Å². The van der Waals surface area contributed by atoms with Crippen LogP contribution in [0, 0.1) is 34.5 Å². The third-order valence-corrected chi connectivity index (χ3v) is 9.40. The zero-order valence-corrected chi connectivity index (χ0v) is 25.3. The maximum absolute atomic E-state index is 12.5. The number of ether oxygens (including phenoxy) is 2. The van der Waals surface area contributed by atoms with E-state index in [0.29, 0.717) is 35.9 Å². The summed E-state index contributed by atoms with van der Waals surface area (Å²) in [5.41, 5.74) is 0.768. The molecule has 0 bridgehead atoms. The van der Waals surface area contributed by atoms with Gasteiger partial charge in [-0.05, 0) is 86.9 Å². The molecule has 1 fully saturated rings. The molecular weight excluding hydrogens is 448 g/mol. The average Bonchev–Trinajstić information content (AvgIpc) is 2.83.